The molecule has 0 heterocycles. The highest BCUT2D eigenvalue weighted by atomic mass is 79.9. The van der Waals surface area contributed by atoms with Gasteiger partial charge in [-0.2, -0.15) is 0 Å². The Morgan fingerprint density at radius 3 is 2.44 bits per heavy atom. The molecule has 3 N–H and O–H groups in total. The van der Waals surface area contributed by atoms with E-state index in [-0.39, 0.29) is 18.3 Å². The predicted molar refractivity (Wildman–Crippen MR) is 80.7 cm³/mol. The summed E-state index contributed by atoms with van der Waals surface area (Å²) in [5, 5.41) is 2.86. The van der Waals surface area contributed by atoms with Gasteiger partial charge in [0.05, 0.1) is 5.54 Å². The third-order valence-corrected chi connectivity index (χ3v) is 3.18. The molecule has 0 aliphatic rings. The van der Waals surface area contributed by atoms with Crippen LogP contribution >= 0.6 is 28.3 Å². The van der Waals surface area contributed by atoms with Gasteiger partial charge in [0.15, 0.2) is 0 Å². The van der Waals surface area contributed by atoms with Crippen molar-refractivity contribution in [3.8, 4) is 0 Å². The second-order valence-electron chi connectivity index (χ2n) is 4.48. The van der Waals surface area contributed by atoms with Gasteiger partial charge >= 0.3 is 0 Å². The third-order valence-electron chi connectivity index (χ3n) is 2.65. The van der Waals surface area contributed by atoms with E-state index >= 15 is 0 Å². The molecule has 1 unspecified atom stereocenters. The van der Waals surface area contributed by atoms with Crippen LogP contribution in [0.3, 0.4) is 0 Å². The first kappa shape index (κ1) is 17.4. The Balaban J connectivity index is 0.00000289. The molecule has 1 aromatic carbocycles. The minimum atomic E-state index is -0.774. The first-order valence-electron chi connectivity index (χ1n) is 5.77. The molecule has 0 fully saturated rings. The molecule has 102 valence electrons. The molecule has 1 rings (SSSR count). The molecular formula is C13H20BrClN2O. The van der Waals surface area contributed by atoms with Gasteiger partial charge in [0.2, 0.25) is 5.91 Å². The van der Waals surface area contributed by atoms with E-state index in [4.69, 9.17) is 5.73 Å². The number of benzene rings is 1. The third kappa shape index (κ3) is 5.38. The topological polar surface area (TPSA) is 55.1 Å². The fourth-order valence-corrected chi connectivity index (χ4v) is 1.88. The van der Waals surface area contributed by atoms with E-state index in [9.17, 15) is 4.79 Å². The van der Waals surface area contributed by atoms with Crippen molar-refractivity contribution in [3.05, 3.63) is 34.3 Å². The lowest BCUT2D eigenvalue weighted by Crippen LogP contribution is -2.51. The number of carbonyl (C=O) groups is 1. The normalized spacial score (nSPS) is 13.3. The van der Waals surface area contributed by atoms with E-state index < -0.39 is 5.54 Å². The summed E-state index contributed by atoms with van der Waals surface area (Å²) in [7, 11) is 0. The molecule has 3 nitrogen and oxygen atoms in total. The molecule has 0 aliphatic carbocycles. The summed E-state index contributed by atoms with van der Waals surface area (Å²) in [6.45, 7) is 4.31. The fourth-order valence-electron chi connectivity index (χ4n) is 1.62. The minimum absolute atomic E-state index is 0. The Labute approximate surface area is 123 Å². The number of carbonyl (C=O) groups excluding carboxylic acids is 1. The van der Waals surface area contributed by atoms with Crippen molar-refractivity contribution in [2.24, 2.45) is 5.73 Å². The van der Waals surface area contributed by atoms with Gasteiger partial charge in [-0.05, 0) is 31.0 Å². The molecular weight excluding hydrogens is 316 g/mol. The lowest BCUT2D eigenvalue weighted by molar-refractivity contribution is -0.126. The molecule has 0 radical (unpaired) electrons. The van der Waals surface area contributed by atoms with Gasteiger partial charge in [0, 0.05) is 11.0 Å². The average Bonchev–Trinajstić information content (AvgIpc) is 2.27. The van der Waals surface area contributed by atoms with Crippen molar-refractivity contribution in [2.45, 2.75) is 38.8 Å². The summed E-state index contributed by atoms with van der Waals surface area (Å²) < 4.78 is 1.03. The molecule has 5 heteroatoms. The molecule has 1 aromatic rings. The Morgan fingerprint density at radius 1 is 1.39 bits per heavy atom. The van der Waals surface area contributed by atoms with E-state index in [1.165, 1.54) is 0 Å². The summed E-state index contributed by atoms with van der Waals surface area (Å²) in [6, 6.07) is 7.85. The van der Waals surface area contributed by atoms with Gasteiger partial charge in [0.25, 0.3) is 0 Å². The van der Waals surface area contributed by atoms with Crippen LogP contribution in [-0.2, 0) is 11.3 Å². The highest BCUT2D eigenvalue weighted by Crippen LogP contribution is 2.11. The van der Waals surface area contributed by atoms with E-state index in [2.05, 4.69) is 21.2 Å². The fraction of sp³-hybridized carbons (Fsp3) is 0.462. The molecule has 1 amide bonds. The largest absolute Gasteiger partial charge is 0.350 e. The number of rotatable bonds is 5. The number of nitrogens with two attached hydrogens (primary N) is 1. The van der Waals surface area contributed by atoms with Gasteiger partial charge in [-0.15, -0.1) is 12.4 Å². The van der Waals surface area contributed by atoms with Crippen molar-refractivity contribution < 1.29 is 4.79 Å². The Morgan fingerprint density at radius 2 is 1.94 bits per heavy atom. The SMILES string of the molecule is CCCC(C)(N)C(=O)NCc1ccc(Br)cc1.Cl. The first-order chi connectivity index (χ1) is 7.95. The molecule has 0 saturated carbocycles. The Kier molecular flexibility index (Phi) is 7.52. The molecule has 0 spiro atoms. The van der Waals surface area contributed by atoms with Crippen LogP contribution < -0.4 is 11.1 Å². The summed E-state index contributed by atoms with van der Waals surface area (Å²) in [6.07, 6.45) is 1.60. The van der Waals surface area contributed by atoms with Gasteiger partial charge in [0.1, 0.15) is 0 Å². The maximum Gasteiger partial charge on any atom is 0.240 e. The predicted octanol–water partition coefficient (Wildman–Crippen LogP) is 3.00. The maximum absolute atomic E-state index is 11.8. The molecule has 0 saturated heterocycles. The number of amides is 1. The van der Waals surface area contributed by atoms with Gasteiger partial charge < -0.3 is 11.1 Å². The van der Waals surface area contributed by atoms with Crippen molar-refractivity contribution in [3.63, 3.8) is 0 Å². The van der Waals surface area contributed by atoms with E-state index in [1.807, 2.05) is 31.2 Å². The standard InChI is InChI=1S/C13H19BrN2O.ClH/c1-3-8-13(2,15)12(17)16-9-10-4-6-11(14)7-5-10;/h4-7H,3,8-9,15H2,1-2H3,(H,16,17);1H. The van der Waals surface area contributed by atoms with Crippen LogP contribution in [0.15, 0.2) is 28.7 Å². The zero-order valence-electron chi connectivity index (χ0n) is 10.7. The zero-order valence-corrected chi connectivity index (χ0v) is 13.1. The summed E-state index contributed by atoms with van der Waals surface area (Å²) >= 11 is 3.37. The van der Waals surface area contributed by atoms with Crippen LogP contribution in [-0.4, -0.2) is 11.4 Å². The highest BCUT2D eigenvalue weighted by Gasteiger charge is 2.26. The molecule has 0 aromatic heterocycles. The van der Waals surface area contributed by atoms with E-state index in [0.717, 1.165) is 16.5 Å². The molecule has 0 aliphatic heterocycles. The van der Waals surface area contributed by atoms with Crippen LogP contribution in [0, 0.1) is 0 Å². The zero-order chi connectivity index (χ0) is 12.9. The lowest BCUT2D eigenvalue weighted by atomic mass is 9.96. The van der Waals surface area contributed by atoms with E-state index in [1.54, 1.807) is 6.92 Å². The molecule has 18 heavy (non-hydrogen) atoms. The lowest BCUT2D eigenvalue weighted by Gasteiger charge is -2.22. The second-order valence-corrected chi connectivity index (χ2v) is 5.39. The van der Waals surface area contributed by atoms with Gasteiger partial charge in [-0.25, -0.2) is 0 Å². The minimum Gasteiger partial charge on any atom is -0.350 e. The van der Waals surface area contributed by atoms with Crippen molar-refractivity contribution >= 4 is 34.2 Å². The number of hydrogen-bond acceptors (Lipinski definition) is 2. The monoisotopic (exact) mass is 334 g/mol. The van der Waals surface area contributed by atoms with Crippen molar-refractivity contribution in [1.29, 1.82) is 0 Å². The van der Waals surface area contributed by atoms with Crippen LogP contribution in [0.5, 0.6) is 0 Å². The van der Waals surface area contributed by atoms with Crippen molar-refractivity contribution in [2.75, 3.05) is 0 Å². The second kappa shape index (κ2) is 7.77. The molecule has 1 atom stereocenters. The maximum atomic E-state index is 11.8. The number of halogens is 2. The first-order valence-corrected chi connectivity index (χ1v) is 6.56. The van der Waals surface area contributed by atoms with Crippen LogP contribution in [0.2, 0.25) is 0 Å². The number of hydrogen-bond donors (Lipinski definition) is 2. The quantitative estimate of drug-likeness (QED) is 0.869. The van der Waals surface area contributed by atoms with Crippen LogP contribution in [0.25, 0.3) is 0 Å². The Hall–Kier alpha value is -0.580. The Bertz CT molecular complexity index is 379. The highest BCUT2D eigenvalue weighted by molar-refractivity contribution is 9.10. The van der Waals surface area contributed by atoms with Crippen LogP contribution in [0.1, 0.15) is 32.3 Å². The van der Waals surface area contributed by atoms with Gasteiger partial charge in [-0.1, -0.05) is 41.4 Å². The van der Waals surface area contributed by atoms with Gasteiger partial charge in [-0.3, -0.25) is 4.79 Å². The van der Waals surface area contributed by atoms with Crippen molar-refractivity contribution in [1.82, 2.24) is 5.32 Å². The smallest absolute Gasteiger partial charge is 0.240 e. The summed E-state index contributed by atoms with van der Waals surface area (Å²) in [4.78, 5) is 11.8. The summed E-state index contributed by atoms with van der Waals surface area (Å²) in [5.41, 5.74) is 6.23. The average molecular weight is 336 g/mol. The van der Waals surface area contributed by atoms with Crippen LogP contribution in [0.4, 0.5) is 0 Å². The number of nitrogens with one attached hydrogen (secondary N) is 1. The summed E-state index contributed by atoms with van der Waals surface area (Å²) in [5.74, 6) is -0.0951. The molecule has 0 bridgehead atoms. The van der Waals surface area contributed by atoms with E-state index in [0.29, 0.717) is 13.0 Å².